The summed E-state index contributed by atoms with van der Waals surface area (Å²) in [5.41, 5.74) is 7.49. The number of hydrogen-bond donors (Lipinski definition) is 3. The van der Waals surface area contributed by atoms with Gasteiger partial charge in [-0.05, 0) is 60.7 Å². The van der Waals surface area contributed by atoms with Crippen molar-refractivity contribution < 1.29 is 23.1 Å². The van der Waals surface area contributed by atoms with Crippen molar-refractivity contribution >= 4 is 39.1 Å². The van der Waals surface area contributed by atoms with Crippen LogP contribution in [0.25, 0.3) is 21.5 Å². The van der Waals surface area contributed by atoms with E-state index in [0.717, 1.165) is 29.7 Å². The van der Waals surface area contributed by atoms with Crippen LogP contribution in [0.3, 0.4) is 0 Å². The number of methoxy groups -OCH3 is 1. The van der Waals surface area contributed by atoms with Crippen molar-refractivity contribution in [1.82, 2.24) is 15.2 Å². The van der Waals surface area contributed by atoms with E-state index in [9.17, 15) is 18.4 Å². The van der Waals surface area contributed by atoms with Crippen LogP contribution in [0.15, 0.2) is 36.4 Å². The summed E-state index contributed by atoms with van der Waals surface area (Å²) >= 11 is 0.894. The molecule has 0 saturated heterocycles. The molecule has 1 aliphatic rings. The lowest BCUT2D eigenvalue weighted by atomic mass is 10.0. The molecule has 4 N–H and O–H groups in total. The molecule has 0 radical (unpaired) electrons. The van der Waals surface area contributed by atoms with Gasteiger partial charge in [0.15, 0.2) is 0 Å². The van der Waals surface area contributed by atoms with Crippen molar-refractivity contribution in [2.24, 2.45) is 5.73 Å². The highest BCUT2D eigenvalue weighted by atomic mass is 32.1. The van der Waals surface area contributed by atoms with Crippen molar-refractivity contribution in [2.45, 2.75) is 25.2 Å². The van der Waals surface area contributed by atoms with Gasteiger partial charge in [0.1, 0.15) is 26.8 Å². The SMILES string of the molecule is COc1ccc(-c2cc(C(=O)Nc3c(C(N)=O)sc4nc(C(F)F)cc(C5CC5)c34)[nH]n2)cc1. The highest BCUT2D eigenvalue weighted by Crippen LogP contribution is 2.48. The van der Waals surface area contributed by atoms with E-state index in [1.807, 2.05) is 12.1 Å². The average Bonchev–Trinajstić information content (AvgIpc) is 3.43. The van der Waals surface area contributed by atoms with E-state index in [2.05, 4.69) is 20.5 Å². The third-order valence-electron chi connectivity index (χ3n) is 5.62. The molecule has 1 aromatic carbocycles. The number of thiophene rings is 1. The second-order valence-corrected chi connectivity index (χ2v) is 8.91. The number of carbonyl (C=O) groups excluding carboxylic acids is 2. The number of halogens is 2. The van der Waals surface area contributed by atoms with Gasteiger partial charge < -0.3 is 15.8 Å². The summed E-state index contributed by atoms with van der Waals surface area (Å²) in [5, 5.41) is 10.1. The van der Waals surface area contributed by atoms with Crippen LogP contribution in [0.1, 0.15) is 56.6 Å². The number of nitrogens with one attached hydrogen (secondary N) is 2. The molecule has 0 spiro atoms. The molecule has 174 valence electrons. The summed E-state index contributed by atoms with van der Waals surface area (Å²) in [5.74, 6) is -0.560. The maximum atomic E-state index is 13.4. The first-order valence-electron chi connectivity index (χ1n) is 10.4. The second kappa shape index (κ2) is 8.49. The molecule has 0 unspecified atom stereocenters. The number of carbonyl (C=O) groups is 2. The Hall–Kier alpha value is -3.86. The molecule has 5 rings (SSSR count). The molecule has 34 heavy (non-hydrogen) atoms. The Morgan fingerprint density at radius 1 is 1.24 bits per heavy atom. The van der Waals surface area contributed by atoms with Gasteiger partial charge in [-0.25, -0.2) is 13.8 Å². The minimum absolute atomic E-state index is 0.0547. The Balaban J connectivity index is 1.52. The molecule has 1 fully saturated rings. The van der Waals surface area contributed by atoms with Gasteiger partial charge in [0.05, 0.1) is 18.5 Å². The average molecular weight is 484 g/mol. The number of benzene rings is 1. The van der Waals surface area contributed by atoms with Gasteiger partial charge >= 0.3 is 0 Å². The Labute approximate surface area is 196 Å². The maximum absolute atomic E-state index is 13.4. The van der Waals surface area contributed by atoms with Crippen LogP contribution in [0.5, 0.6) is 5.75 Å². The Bertz CT molecular complexity index is 1410. The van der Waals surface area contributed by atoms with Gasteiger partial charge in [0.25, 0.3) is 18.2 Å². The normalized spacial score (nSPS) is 13.4. The summed E-state index contributed by atoms with van der Waals surface area (Å²) in [7, 11) is 1.57. The molecule has 11 heteroatoms. The molecule has 1 aliphatic carbocycles. The molecule has 4 aromatic rings. The number of hydrogen-bond acceptors (Lipinski definition) is 6. The van der Waals surface area contributed by atoms with Crippen molar-refractivity contribution in [3.63, 3.8) is 0 Å². The minimum atomic E-state index is -2.75. The smallest absolute Gasteiger partial charge is 0.280 e. The van der Waals surface area contributed by atoms with Gasteiger partial charge in [-0.15, -0.1) is 11.3 Å². The highest BCUT2D eigenvalue weighted by molar-refractivity contribution is 7.21. The number of alkyl halides is 2. The lowest BCUT2D eigenvalue weighted by Gasteiger charge is -2.09. The third kappa shape index (κ3) is 3.98. The fraction of sp³-hybridized carbons (Fsp3) is 0.217. The van der Waals surface area contributed by atoms with Gasteiger partial charge in [-0.2, -0.15) is 5.10 Å². The Morgan fingerprint density at radius 2 is 1.97 bits per heavy atom. The van der Waals surface area contributed by atoms with E-state index in [0.29, 0.717) is 22.4 Å². The monoisotopic (exact) mass is 483 g/mol. The minimum Gasteiger partial charge on any atom is -0.497 e. The predicted octanol–water partition coefficient (Wildman–Crippen LogP) is 4.86. The van der Waals surface area contributed by atoms with Crippen LogP contribution >= 0.6 is 11.3 Å². The van der Waals surface area contributed by atoms with Crippen LogP contribution in [0.4, 0.5) is 14.5 Å². The number of primary amides is 1. The molecular formula is C23H19F2N5O3S. The van der Waals surface area contributed by atoms with Crippen LogP contribution in [-0.4, -0.2) is 34.1 Å². The largest absolute Gasteiger partial charge is 0.497 e. The van der Waals surface area contributed by atoms with Gasteiger partial charge in [-0.1, -0.05) is 0 Å². The fourth-order valence-electron chi connectivity index (χ4n) is 3.80. The summed E-state index contributed by atoms with van der Waals surface area (Å²) < 4.78 is 32.0. The zero-order valence-corrected chi connectivity index (χ0v) is 18.7. The maximum Gasteiger partial charge on any atom is 0.280 e. The number of pyridine rings is 1. The summed E-state index contributed by atoms with van der Waals surface area (Å²) in [6.45, 7) is 0. The molecule has 3 heterocycles. The summed E-state index contributed by atoms with van der Waals surface area (Å²) in [6.07, 6.45) is -1.08. The van der Waals surface area contributed by atoms with E-state index in [1.54, 1.807) is 25.3 Å². The van der Waals surface area contributed by atoms with E-state index in [1.165, 1.54) is 6.07 Å². The van der Waals surface area contributed by atoms with E-state index < -0.39 is 18.2 Å². The Kier molecular flexibility index (Phi) is 5.48. The predicted molar refractivity (Wildman–Crippen MR) is 124 cm³/mol. The van der Waals surface area contributed by atoms with Gasteiger partial charge in [-0.3, -0.25) is 14.7 Å². The number of nitrogens with two attached hydrogens (primary N) is 1. The molecule has 0 bridgehead atoms. The van der Waals surface area contributed by atoms with E-state index >= 15 is 0 Å². The lowest BCUT2D eigenvalue weighted by molar-refractivity contribution is 0.100. The number of ether oxygens (including phenoxy) is 1. The van der Waals surface area contributed by atoms with Crippen LogP contribution in [0, 0.1) is 0 Å². The summed E-state index contributed by atoms with van der Waals surface area (Å²) in [4.78, 5) is 29.5. The number of aromatic nitrogens is 3. The molecule has 8 nitrogen and oxygen atoms in total. The zero-order valence-electron chi connectivity index (χ0n) is 17.9. The first kappa shape index (κ1) is 22.0. The first-order valence-corrected chi connectivity index (χ1v) is 11.2. The number of H-pyrrole nitrogens is 1. The summed E-state index contributed by atoms with van der Waals surface area (Å²) in [6, 6.07) is 10.1. The number of fused-ring (bicyclic) bond motifs is 1. The molecule has 1 saturated carbocycles. The lowest BCUT2D eigenvalue weighted by Crippen LogP contribution is -2.17. The Morgan fingerprint density at radius 3 is 2.59 bits per heavy atom. The van der Waals surface area contributed by atoms with Crippen LogP contribution < -0.4 is 15.8 Å². The van der Waals surface area contributed by atoms with Crippen molar-refractivity contribution in [3.05, 3.63) is 58.2 Å². The van der Waals surface area contributed by atoms with Gasteiger partial charge in [0.2, 0.25) is 0 Å². The first-order chi connectivity index (χ1) is 16.4. The molecule has 2 amide bonds. The van der Waals surface area contributed by atoms with Crippen molar-refractivity contribution in [3.8, 4) is 17.0 Å². The van der Waals surface area contributed by atoms with Crippen molar-refractivity contribution in [1.29, 1.82) is 0 Å². The number of nitrogens with zero attached hydrogens (tertiary/aromatic N) is 2. The number of aromatic amines is 1. The fourth-order valence-corrected chi connectivity index (χ4v) is 4.82. The molecular weight excluding hydrogens is 464 g/mol. The standard InChI is InChI=1S/C23H19F2N5O3S/c1-33-12-6-4-11(5-7-12)14-9-16(30-29-14)22(32)28-18-17-13(10-2-3-10)8-15(20(24)25)27-23(17)34-19(18)21(26)31/h4-10,20H,2-3H2,1H3,(H2,26,31)(H,28,32)(H,29,30). The van der Waals surface area contributed by atoms with Gasteiger partial charge in [0, 0.05) is 10.9 Å². The number of anilines is 1. The number of amides is 2. The van der Waals surface area contributed by atoms with Crippen LogP contribution in [-0.2, 0) is 0 Å². The number of rotatable bonds is 7. The third-order valence-corrected chi connectivity index (χ3v) is 6.72. The molecule has 3 aromatic heterocycles. The highest BCUT2D eigenvalue weighted by Gasteiger charge is 2.32. The zero-order chi connectivity index (χ0) is 24.0. The van der Waals surface area contributed by atoms with Crippen molar-refractivity contribution in [2.75, 3.05) is 12.4 Å². The second-order valence-electron chi connectivity index (χ2n) is 7.91. The molecule has 0 aliphatic heterocycles. The van der Waals surface area contributed by atoms with Crippen LogP contribution in [0.2, 0.25) is 0 Å². The molecule has 0 atom stereocenters. The van der Waals surface area contributed by atoms with E-state index in [4.69, 9.17) is 10.5 Å². The quantitative estimate of drug-likeness (QED) is 0.346. The van der Waals surface area contributed by atoms with E-state index in [-0.39, 0.29) is 32.7 Å². The topological polar surface area (TPSA) is 123 Å².